The number of amides is 1. The molecule has 1 atom stereocenters. The molecule has 1 aromatic carbocycles. The maximum Gasteiger partial charge on any atom is 0.269 e. The topological polar surface area (TPSA) is 29.5 Å². The van der Waals surface area contributed by atoms with Crippen molar-refractivity contribution < 1.29 is 9.53 Å². The fourth-order valence-electron chi connectivity index (χ4n) is 2.29. The van der Waals surface area contributed by atoms with Crippen LogP contribution in [0.2, 0.25) is 0 Å². The van der Waals surface area contributed by atoms with E-state index in [1.165, 1.54) is 11.3 Å². The lowest BCUT2D eigenvalue weighted by atomic mass is 10.2. The third-order valence-corrected chi connectivity index (χ3v) is 5.08. The van der Waals surface area contributed by atoms with Crippen LogP contribution in [0.1, 0.15) is 23.5 Å². The Balaban J connectivity index is 2.03. The molecule has 0 spiro atoms. The SMILES string of the molecule is CCN1Cc2ccccc2OC(c2cc(Br)cs2)C1=O. The van der Waals surface area contributed by atoms with Gasteiger partial charge in [0.15, 0.2) is 0 Å². The highest BCUT2D eigenvalue weighted by Crippen LogP contribution is 2.35. The van der Waals surface area contributed by atoms with Gasteiger partial charge in [0.1, 0.15) is 5.75 Å². The van der Waals surface area contributed by atoms with Gasteiger partial charge >= 0.3 is 0 Å². The molecule has 1 amide bonds. The van der Waals surface area contributed by atoms with Crippen molar-refractivity contribution >= 4 is 33.2 Å². The third kappa shape index (κ3) is 2.47. The zero-order chi connectivity index (χ0) is 14.1. The van der Waals surface area contributed by atoms with Gasteiger partial charge in [-0.15, -0.1) is 11.3 Å². The first-order valence-electron chi connectivity index (χ1n) is 6.46. The molecule has 20 heavy (non-hydrogen) atoms. The summed E-state index contributed by atoms with van der Waals surface area (Å²) in [6.45, 7) is 3.28. The van der Waals surface area contributed by atoms with Gasteiger partial charge in [-0.1, -0.05) is 18.2 Å². The minimum atomic E-state index is -0.546. The van der Waals surface area contributed by atoms with Gasteiger partial charge in [0.05, 0.1) is 4.88 Å². The van der Waals surface area contributed by atoms with Crippen molar-refractivity contribution in [2.45, 2.75) is 19.6 Å². The summed E-state index contributed by atoms with van der Waals surface area (Å²) in [6.07, 6.45) is -0.546. The van der Waals surface area contributed by atoms with E-state index >= 15 is 0 Å². The third-order valence-electron chi connectivity index (χ3n) is 3.34. The van der Waals surface area contributed by atoms with Crippen molar-refractivity contribution in [1.29, 1.82) is 0 Å². The van der Waals surface area contributed by atoms with Crippen molar-refractivity contribution in [3.63, 3.8) is 0 Å². The molecule has 2 heterocycles. The van der Waals surface area contributed by atoms with Crippen LogP contribution in [0.15, 0.2) is 40.2 Å². The quantitative estimate of drug-likeness (QED) is 0.818. The number of benzene rings is 1. The Hall–Kier alpha value is -1.33. The zero-order valence-electron chi connectivity index (χ0n) is 11.0. The highest BCUT2D eigenvalue weighted by Gasteiger charge is 2.32. The molecule has 0 bridgehead atoms. The predicted molar refractivity (Wildman–Crippen MR) is 82.9 cm³/mol. The fourth-order valence-corrected chi connectivity index (χ4v) is 3.75. The van der Waals surface area contributed by atoms with Crippen LogP contribution in [0.4, 0.5) is 0 Å². The summed E-state index contributed by atoms with van der Waals surface area (Å²) in [5.74, 6) is 0.823. The summed E-state index contributed by atoms with van der Waals surface area (Å²) in [7, 11) is 0. The summed E-state index contributed by atoms with van der Waals surface area (Å²) >= 11 is 4.97. The number of fused-ring (bicyclic) bond motifs is 1. The van der Waals surface area contributed by atoms with Crippen molar-refractivity contribution in [2.75, 3.05) is 6.54 Å². The van der Waals surface area contributed by atoms with E-state index in [0.717, 1.165) is 20.7 Å². The van der Waals surface area contributed by atoms with Crippen molar-refractivity contribution in [3.05, 3.63) is 50.6 Å². The molecule has 2 aromatic rings. The van der Waals surface area contributed by atoms with Crippen LogP contribution in [0.25, 0.3) is 0 Å². The van der Waals surface area contributed by atoms with Gasteiger partial charge in [-0.2, -0.15) is 0 Å². The predicted octanol–water partition coefficient (Wildman–Crippen LogP) is 3.99. The van der Waals surface area contributed by atoms with Crippen LogP contribution in [0.3, 0.4) is 0 Å². The van der Waals surface area contributed by atoms with Gasteiger partial charge in [-0.25, -0.2) is 0 Å². The maximum absolute atomic E-state index is 12.6. The maximum atomic E-state index is 12.6. The van der Waals surface area contributed by atoms with E-state index in [-0.39, 0.29) is 5.91 Å². The minimum absolute atomic E-state index is 0.0260. The van der Waals surface area contributed by atoms with Crippen LogP contribution in [-0.4, -0.2) is 17.4 Å². The second kappa shape index (κ2) is 5.58. The number of hydrogen-bond donors (Lipinski definition) is 0. The zero-order valence-corrected chi connectivity index (χ0v) is 13.4. The molecule has 0 fully saturated rings. The molecule has 3 nitrogen and oxygen atoms in total. The average molecular weight is 352 g/mol. The molecule has 5 heteroatoms. The number of carbonyl (C=O) groups excluding carboxylic acids is 1. The second-order valence-corrected chi connectivity index (χ2v) is 6.48. The summed E-state index contributed by atoms with van der Waals surface area (Å²) in [4.78, 5) is 15.4. The molecule has 0 radical (unpaired) electrons. The number of para-hydroxylation sites is 1. The fraction of sp³-hybridized carbons (Fsp3) is 0.267. The van der Waals surface area contributed by atoms with Gasteiger partial charge in [0.2, 0.25) is 6.10 Å². The van der Waals surface area contributed by atoms with Crippen LogP contribution in [0, 0.1) is 0 Å². The molecule has 0 aliphatic carbocycles. The van der Waals surface area contributed by atoms with E-state index in [1.54, 1.807) is 0 Å². The molecule has 1 aliphatic heterocycles. The first kappa shape index (κ1) is 13.6. The lowest BCUT2D eigenvalue weighted by molar-refractivity contribution is -0.138. The van der Waals surface area contributed by atoms with E-state index < -0.39 is 6.10 Å². The number of ether oxygens (including phenoxy) is 1. The Labute approximate surface area is 130 Å². The molecular weight excluding hydrogens is 338 g/mol. The number of thiophene rings is 1. The summed E-state index contributed by atoms with van der Waals surface area (Å²) in [6, 6.07) is 9.80. The number of hydrogen-bond acceptors (Lipinski definition) is 3. The summed E-state index contributed by atoms with van der Waals surface area (Å²) in [5.41, 5.74) is 1.06. The second-order valence-electron chi connectivity index (χ2n) is 4.63. The Morgan fingerprint density at radius 3 is 2.95 bits per heavy atom. The van der Waals surface area contributed by atoms with E-state index in [0.29, 0.717) is 13.1 Å². The molecule has 3 rings (SSSR count). The first-order chi connectivity index (χ1) is 9.69. The molecule has 0 N–H and O–H groups in total. The normalized spacial score (nSPS) is 18.4. The summed E-state index contributed by atoms with van der Waals surface area (Å²) in [5, 5.41) is 1.97. The highest BCUT2D eigenvalue weighted by molar-refractivity contribution is 9.10. The molecule has 104 valence electrons. The standard InChI is InChI=1S/C15H14BrNO2S/c1-2-17-8-10-5-3-4-6-12(10)19-14(15(17)18)13-7-11(16)9-20-13/h3-7,9,14H,2,8H2,1H3. The number of halogens is 1. The summed E-state index contributed by atoms with van der Waals surface area (Å²) < 4.78 is 6.98. The Morgan fingerprint density at radius 2 is 2.25 bits per heavy atom. The Morgan fingerprint density at radius 1 is 1.45 bits per heavy atom. The average Bonchev–Trinajstić information content (AvgIpc) is 2.82. The number of rotatable bonds is 2. The van der Waals surface area contributed by atoms with Crippen LogP contribution < -0.4 is 4.74 Å². The molecule has 1 aliphatic rings. The van der Waals surface area contributed by atoms with E-state index in [4.69, 9.17) is 4.74 Å². The molecule has 0 saturated carbocycles. The van der Waals surface area contributed by atoms with Crippen molar-refractivity contribution in [2.24, 2.45) is 0 Å². The number of nitrogens with zero attached hydrogens (tertiary/aromatic N) is 1. The number of carbonyl (C=O) groups is 1. The smallest absolute Gasteiger partial charge is 0.269 e. The minimum Gasteiger partial charge on any atom is -0.475 e. The van der Waals surface area contributed by atoms with Gasteiger partial charge < -0.3 is 9.64 Å². The van der Waals surface area contributed by atoms with Crippen LogP contribution in [0.5, 0.6) is 5.75 Å². The largest absolute Gasteiger partial charge is 0.475 e. The van der Waals surface area contributed by atoms with E-state index in [1.807, 2.05) is 47.5 Å². The Kier molecular flexibility index (Phi) is 3.81. The van der Waals surface area contributed by atoms with Crippen molar-refractivity contribution in [1.82, 2.24) is 4.90 Å². The first-order valence-corrected chi connectivity index (χ1v) is 8.13. The Bertz CT molecular complexity index is 640. The lowest BCUT2D eigenvalue weighted by Gasteiger charge is -2.21. The van der Waals surface area contributed by atoms with Gasteiger partial charge in [0, 0.05) is 28.5 Å². The van der Waals surface area contributed by atoms with E-state index in [9.17, 15) is 4.79 Å². The van der Waals surface area contributed by atoms with Crippen LogP contribution >= 0.6 is 27.3 Å². The van der Waals surface area contributed by atoms with Gasteiger partial charge in [0.25, 0.3) is 5.91 Å². The lowest BCUT2D eigenvalue weighted by Crippen LogP contribution is -2.34. The van der Waals surface area contributed by atoms with Crippen molar-refractivity contribution in [3.8, 4) is 5.75 Å². The molecular formula is C15H14BrNO2S. The molecule has 1 aromatic heterocycles. The van der Waals surface area contributed by atoms with Gasteiger partial charge in [-0.3, -0.25) is 4.79 Å². The molecule has 0 saturated heterocycles. The monoisotopic (exact) mass is 351 g/mol. The molecule has 1 unspecified atom stereocenters. The van der Waals surface area contributed by atoms with E-state index in [2.05, 4.69) is 15.9 Å². The van der Waals surface area contributed by atoms with Crippen LogP contribution in [-0.2, 0) is 11.3 Å². The van der Waals surface area contributed by atoms with Gasteiger partial charge in [-0.05, 0) is 35.0 Å². The number of likely N-dealkylation sites (N-methyl/N-ethyl adjacent to an activating group) is 1. The highest BCUT2D eigenvalue weighted by atomic mass is 79.9.